The average Bonchev–Trinajstić information content (AvgIpc) is 3.57. The second kappa shape index (κ2) is 30.2. The van der Waals surface area contributed by atoms with Gasteiger partial charge in [0.15, 0.2) is 6.29 Å². The zero-order chi connectivity index (χ0) is 45.2. The number of aliphatic hydroxyl groups is 4. The molecule has 0 spiro atoms. The third kappa shape index (κ3) is 21.3. The molecule has 3 amide bonds. The number of aliphatic hydroxyl groups excluding tert-OH is 4. The quantitative estimate of drug-likeness (QED) is 0.0355. The van der Waals surface area contributed by atoms with Crippen molar-refractivity contribution in [3.05, 3.63) is 0 Å². The van der Waals surface area contributed by atoms with Crippen LogP contribution in [-0.2, 0) is 52.5 Å². The second-order valence-electron chi connectivity index (χ2n) is 16.4. The van der Waals surface area contributed by atoms with E-state index >= 15 is 0 Å². The molecule has 2 rings (SSSR count). The van der Waals surface area contributed by atoms with E-state index in [1.54, 1.807) is 0 Å². The van der Waals surface area contributed by atoms with Crippen molar-refractivity contribution in [2.75, 3.05) is 52.9 Å². The molecular weight excluding hydrogens is 798 g/mol. The van der Waals surface area contributed by atoms with E-state index in [4.69, 9.17) is 23.7 Å². The van der Waals surface area contributed by atoms with E-state index in [0.717, 1.165) is 6.42 Å². The summed E-state index contributed by atoms with van der Waals surface area (Å²) in [5.41, 5.74) is -1.04. The highest BCUT2D eigenvalue weighted by atomic mass is 16.7. The maximum absolute atomic E-state index is 13.4. The maximum Gasteiger partial charge on any atom is 0.229 e. The molecular formula is C43H75N3O15. The fourth-order valence-electron chi connectivity index (χ4n) is 7.73. The Morgan fingerprint density at radius 1 is 0.672 bits per heavy atom. The summed E-state index contributed by atoms with van der Waals surface area (Å²) in [6, 6.07) is -1.46. The summed E-state index contributed by atoms with van der Waals surface area (Å²) >= 11 is 0. The molecule has 61 heavy (non-hydrogen) atoms. The van der Waals surface area contributed by atoms with Crippen LogP contribution in [0.25, 0.3) is 0 Å². The van der Waals surface area contributed by atoms with E-state index < -0.39 is 79.1 Å². The Kier molecular flexibility index (Phi) is 26.8. The van der Waals surface area contributed by atoms with Crippen LogP contribution >= 0.6 is 0 Å². The molecule has 0 bridgehead atoms. The van der Waals surface area contributed by atoms with Crippen molar-refractivity contribution >= 4 is 35.1 Å². The molecule has 0 aromatic heterocycles. The molecule has 2 aliphatic rings. The molecule has 1 saturated carbocycles. The number of rotatable bonds is 34. The molecule has 4 unspecified atom stereocenters. The van der Waals surface area contributed by atoms with E-state index in [-0.39, 0.29) is 88.7 Å². The third-order valence-corrected chi connectivity index (χ3v) is 11.2. The zero-order valence-corrected chi connectivity index (χ0v) is 36.9. The monoisotopic (exact) mass is 874 g/mol. The average molecular weight is 874 g/mol. The topological polar surface area (TPSA) is 266 Å². The molecule has 1 aliphatic heterocycles. The van der Waals surface area contributed by atoms with Gasteiger partial charge in [0.1, 0.15) is 48.1 Å². The van der Waals surface area contributed by atoms with Gasteiger partial charge < -0.3 is 60.1 Å². The lowest BCUT2D eigenvalue weighted by Crippen LogP contribution is -2.64. The number of amides is 3. The molecule has 18 heteroatoms. The van der Waals surface area contributed by atoms with E-state index in [0.29, 0.717) is 70.7 Å². The summed E-state index contributed by atoms with van der Waals surface area (Å²) in [5, 5.41) is 48.5. The summed E-state index contributed by atoms with van der Waals surface area (Å²) in [6.45, 7) is 8.16. The van der Waals surface area contributed by atoms with Crippen molar-refractivity contribution in [3.63, 3.8) is 0 Å². The number of carbonyl (C=O) groups excluding carboxylic acids is 6. The Morgan fingerprint density at radius 2 is 1.21 bits per heavy atom. The molecule has 18 nitrogen and oxygen atoms in total. The highest BCUT2D eigenvalue weighted by Crippen LogP contribution is 2.30. The van der Waals surface area contributed by atoms with Crippen LogP contribution in [0.4, 0.5) is 0 Å². The van der Waals surface area contributed by atoms with Gasteiger partial charge in [-0.1, -0.05) is 27.2 Å². The smallest absolute Gasteiger partial charge is 0.229 e. The van der Waals surface area contributed by atoms with Crippen molar-refractivity contribution in [1.29, 1.82) is 0 Å². The predicted octanol–water partition coefficient (Wildman–Crippen LogP) is 1.34. The predicted molar refractivity (Wildman–Crippen MR) is 222 cm³/mol. The first-order valence-corrected chi connectivity index (χ1v) is 22.2. The van der Waals surface area contributed by atoms with Gasteiger partial charge in [0.25, 0.3) is 0 Å². The molecule has 2 fully saturated rings. The summed E-state index contributed by atoms with van der Waals surface area (Å²) in [6.07, 6.45) is -0.0777. The number of hydrogen-bond donors (Lipinski definition) is 7. The van der Waals surface area contributed by atoms with Gasteiger partial charge in [-0.05, 0) is 57.3 Å². The normalized spacial score (nSPS) is 24.0. The first-order valence-electron chi connectivity index (χ1n) is 22.2. The highest BCUT2D eigenvalue weighted by molar-refractivity contribution is 5.97. The van der Waals surface area contributed by atoms with E-state index in [9.17, 15) is 49.2 Å². The molecule has 7 N–H and O–H groups in total. The van der Waals surface area contributed by atoms with Gasteiger partial charge in [-0.2, -0.15) is 0 Å². The van der Waals surface area contributed by atoms with Crippen molar-refractivity contribution in [2.24, 2.45) is 5.92 Å². The largest absolute Gasteiger partial charge is 0.394 e. The standard InChI is InChI=1S/C43H75N3O15/c1-5-9-31(49)12-15-43(16-13-32(50)10-6-2,46-38(54)27-37(53)45-34-25-30(7-3)26-35(34)52)17-14-33(51)11-8-18-57-19-20-58-21-22-59-23-24-60-42-39(44-29(4)48)41(56)40(55)36(28-47)61-42/h30,34-36,39-42,47,52,55-56H,5-28H2,1-4H3,(H,44,48)(H,45,53)(H,46,54)/t30?,34?,35?,36-,39-,40+,41-,42?/m1/s1. The highest BCUT2D eigenvalue weighted by Gasteiger charge is 2.45. The van der Waals surface area contributed by atoms with Crippen LogP contribution < -0.4 is 16.0 Å². The number of carbonyl (C=O) groups is 6. The molecule has 1 aliphatic carbocycles. The first-order chi connectivity index (χ1) is 29.2. The maximum atomic E-state index is 13.4. The second-order valence-corrected chi connectivity index (χ2v) is 16.4. The van der Waals surface area contributed by atoms with Crippen molar-refractivity contribution < 1.29 is 72.9 Å². The molecule has 8 atom stereocenters. The van der Waals surface area contributed by atoms with Crippen LogP contribution in [0.2, 0.25) is 0 Å². The summed E-state index contributed by atoms with van der Waals surface area (Å²) in [5.74, 6) is -1.23. The molecule has 0 aromatic carbocycles. The van der Waals surface area contributed by atoms with Gasteiger partial charge >= 0.3 is 0 Å². The van der Waals surface area contributed by atoms with E-state index in [2.05, 4.69) is 16.0 Å². The van der Waals surface area contributed by atoms with Crippen molar-refractivity contribution in [3.8, 4) is 0 Å². The fourth-order valence-corrected chi connectivity index (χ4v) is 7.73. The Hall–Kier alpha value is -2.94. The lowest BCUT2D eigenvalue weighted by atomic mass is 9.81. The van der Waals surface area contributed by atoms with Crippen LogP contribution in [0.1, 0.15) is 130 Å². The molecule has 352 valence electrons. The molecule has 0 radical (unpaired) electrons. The minimum atomic E-state index is -1.40. The Balaban J connectivity index is 1.77. The SMILES string of the molecule is CCCC(=O)CCC(CCC(=O)CCC)(CCC(=O)CCCOCCOCCOCCOC1O[C@H](CO)[C@H](O)[C@H](O)[C@H]1NC(C)=O)NC(=O)CC(=O)NC1CC(CC)CC1O. The number of hydrogen-bond acceptors (Lipinski definition) is 15. The van der Waals surface area contributed by atoms with Crippen molar-refractivity contribution in [1.82, 2.24) is 16.0 Å². The van der Waals surface area contributed by atoms with Crippen LogP contribution in [0.3, 0.4) is 0 Å². The summed E-state index contributed by atoms with van der Waals surface area (Å²) in [4.78, 5) is 76.3. The Morgan fingerprint density at radius 3 is 1.72 bits per heavy atom. The molecule has 1 heterocycles. The molecule has 1 saturated heterocycles. The lowest BCUT2D eigenvalue weighted by molar-refractivity contribution is -0.272. The van der Waals surface area contributed by atoms with Gasteiger partial charge in [-0.15, -0.1) is 0 Å². The Bertz CT molecular complexity index is 1310. The minimum absolute atomic E-state index is 0.0246. The van der Waals surface area contributed by atoms with Gasteiger partial charge in [-0.3, -0.25) is 28.8 Å². The minimum Gasteiger partial charge on any atom is -0.394 e. The zero-order valence-electron chi connectivity index (χ0n) is 36.9. The van der Waals surface area contributed by atoms with Gasteiger partial charge in [0, 0.05) is 57.6 Å². The molecule has 0 aromatic rings. The van der Waals surface area contributed by atoms with Gasteiger partial charge in [-0.25, -0.2) is 0 Å². The fraction of sp³-hybridized carbons (Fsp3) is 0.860. The Labute approximate surface area is 360 Å². The number of nitrogens with one attached hydrogen (secondary N) is 3. The third-order valence-electron chi connectivity index (χ3n) is 11.2. The van der Waals surface area contributed by atoms with Crippen LogP contribution in [0.5, 0.6) is 0 Å². The number of Topliss-reactive ketones (excluding diaryl/α,β-unsaturated/α-hetero) is 3. The first kappa shape index (κ1) is 54.2. The number of ketones is 3. The van der Waals surface area contributed by atoms with Crippen LogP contribution in [0, 0.1) is 5.92 Å². The van der Waals surface area contributed by atoms with Crippen molar-refractivity contribution in [2.45, 2.75) is 179 Å². The van der Waals surface area contributed by atoms with Crippen LogP contribution in [-0.4, -0.2) is 157 Å². The number of ether oxygens (including phenoxy) is 5. The van der Waals surface area contributed by atoms with Gasteiger partial charge in [0.2, 0.25) is 17.7 Å². The van der Waals surface area contributed by atoms with E-state index in [1.165, 1.54) is 6.92 Å². The lowest BCUT2D eigenvalue weighted by Gasteiger charge is -2.42. The summed E-state index contributed by atoms with van der Waals surface area (Å²) < 4.78 is 27.7. The summed E-state index contributed by atoms with van der Waals surface area (Å²) in [7, 11) is 0. The van der Waals surface area contributed by atoms with E-state index in [1.807, 2.05) is 20.8 Å². The van der Waals surface area contributed by atoms with Gasteiger partial charge in [0.05, 0.1) is 58.4 Å². The van der Waals surface area contributed by atoms with Crippen LogP contribution in [0.15, 0.2) is 0 Å².